The minimum absolute atomic E-state index is 0.812. The topological polar surface area (TPSA) is 12.4 Å². The van der Waals surface area contributed by atoms with Crippen LogP contribution in [0.25, 0.3) is 0 Å². The SMILES string of the molecule is [B]=Nc1ccc(Cc2ccccc2)cc1. The van der Waals surface area contributed by atoms with Gasteiger partial charge in [-0.1, -0.05) is 0 Å². The van der Waals surface area contributed by atoms with Gasteiger partial charge in [-0.3, -0.25) is 0 Å². The first-order valence-electron chi connectivity index (χ1n) is 4.92. The van der Waals surface area contributed by atoms with E-state index in [4.69, 9.17) is 7.64 Å². The molecule has 0 atom stereocenters. The molecule has 0 spiro atoms. The third-order valence-electron chi connectivity index (χ3n) is 2.34. The fourth-order valence-corrected chi connectivity index (χ4v) is 1.53. The molecule has 0 fully saturated rings. The van der Waals surface area contributed by atoms with Gasteiger partial charge in [0.15, 0.2) is 0 Å². The van der Waals surface area contributed by atoms with Gasteiger partial charge in [-0.05, 0) is 0 Å². The van der Waals surface area contributed by atoms with E-state index in [1.54, 1.807) is 0 Å². The average molecular weight is 192 g/mol. The normalized spacial score (nSPS) is 9.80. The van der Waals surface area contributed by atoms with Gasteiger partial charge in [0.05, 0.1) is 0 Å². The molecule has 2 aromatic rings. The van der Waals surface area contributed by atoms with E-state index in [9.17, 15) is 0 Å². The van der Waals surface area contributed by atoms with Gasteiger partial charge in [0, 0.05) is 0 Å². The molecule has 71 valence electrons. The van der Waals surface area contributed by atoms with Gasteiger partial charge in [-0.25, -0.2) is 0 Å². The van der Waals surface area contributed by atoms with Crippen LogP contribution in [0.2, 0.25) is 0 Å². The number of rotatable bonds is 3. The van der Waals surface area contributed by atoms with E-state index in [-0.39, 0.29) is 0 Å². The molecule has 2 heteroatoms. The van der Waals surface area contributed by atoms with Crippen molar-refractivity contribution in [2.45, 2.75) is 6.42 Å². The molecule has 0 amide bonds. The molecule has 1 radical (unpaired) electrons. The van der Waals surface area contributed by atoms with Gasteiger partial charge < -0.3 is 0 Å². The van der Waals surface area contributed by atoms with Crippen molar-refractivity contribution in [1.29, 1.82) is 0 Å². The Balaban J connectivity index is 2.15. The molecule has 0 saturated carbocycles. The molecule has 0 bridgehead atoms. The maximum absolute atomic E-state index is 5.18. The third kappa shape index (κ3) is 2.63. The van der Waals surface area contributed by atoms with Crippen LogP contribution in [0.5, 0.6) is 0 Å². The van der Waals surface area contributed by atoms with Crippen LogP contribution in [0.4, 0.5) is 5.69 Å². The van der Waals surface area contributed by atoms with Crippen molar-refractivity contribution in [2.24, 2.45) is 4.90 Å². The second-order valence-electron chi connectivity index (χ2n) is 3.46. The molecule has 15 heavy (non-hydrogen) atoms. The molecule has 0 unspecified atom stereocenters. The van der Waals surface area contributed by atoms with E-state index < -0.39 is 0 Å². The van der Waals surface area contributed by atoms with Crippen molar-refractivity contribution in [1.82, 2.24) is 0 Å². The Hall–Kier alpha value is -1.70. The van der Waals surface area contributed by atoms with E-state index >= 15 is 0 Å². The predicted molar refractivity (Wildman–Crippen MR) is 63.5 cm³/mol. The number of hydrogen-bond donors (Lipinski definition) is 0. The Bertz CT molecular complexity index is 434. The van der Waals surface area contributed by atoms with Crippen LogP contribution in [-0.2, 0) is 6.42 Å². The molecule has 0 aromatic heterocycles. The summed E-state index contributed by atoms with van der Waals surface area (Å²) in [6.45, 7) is 0. The molecule has 0 saturated heterocycles. The van der Waals surface area contributed by atoms with Crippen LogP contribution in [0.15, 0.2) is 59.5 Å². The fraction of sp³-hybridized carbons (Fsp3) is 0.0769. The van der Waals surface area contributed by atoms with Crippen molar-refractivity contribution >= 4 is 13.3 Å². The van der Waals surface area contributed by atoms with E-state index in [1.165, 1.54) is 11.1 Å². The molecule has 2 aromatic carbocycles. The molecule has 1 nitrogen and oxygen atoms in total. The number of hydrogen-bond acceptors (Lipinski definition) is 1. The Morgan fingerprint density at radius 3 is 2.00 bits per heavy atom. The molecule has 0 N–H and O–H groups in total. The zero-order chi connectivity index (χ0) is 10.5. The molecule has 0 aliphatic carbocycles. The average Bonchev–Trinajstić information content (AvgIpc) is 2.31. The van der Waals surface area contributed by atoms with Gasteiger partial charge in [0.2, 0.25) is 0 Å². The summed E-state index contributed by atoms with van der Waals surface area (Å²) in [6, 6.07) is 18.4. The zero-order valence-corrected chi connectivity index (χ0v) is 8.43. The summed E-state index contributed by atoms with van der Waals surface area (Å²) >= 11 is 0. The van der Waals surface area contributed by atoms with E-state index in [1.807, 2.05) is 18.2 Å². The van der Waals surface area contributed by atoms with Crippen LogP contribution in [-0.4, -0.2) is 7.64 Å². The van der Waals surface area contributed by atoms with Gasteiger partial charge in [-0.15, -0.1) is 0 Å². The van der Waals surface area contributed by atoms with Gasteiger partial charge in [-0.2, -0.15) is 0 Å². The van der Waals surface area contributed by atoms with Crippen LogP contribution < -0.4 is 0 Å². The Morgan fingerprint density at radius 2 is 1.40 bits per heavy atom. The van der Waals surface area contributed by atoms with Gasteiger partial charge in [0.25, 0.3) is 0 Å². The first kappa shape index (κ1) is 9.84. The second kappa shape index (κ2) is 4.69. The summed E-state index contributed by atoms with van der Waals surface area (Å²) < 4.78 is 0. The van der Waals surface area contributed by atoms with Crippen molar-refractivity contribution in [3.63, 3.8) is 0 Å². The first-order valence-corrected chi connectivity index (χ1v) is 4.92. The van der Waals surface area contributed by atoms with Crippen molar-refractivity contribution in [3.05, 3.63) is 65.7 Å². The zero-order valence-electron chi connectivity index (χ0n) is 8.43. The van der Waals surface area contributed by atoms with Crippen LogP contribution in [0.3, 0.4) is 0 Å². The summed E-state index contributed by atoms with van der Waals surface area (Å²) in [5.74, 6) is 0. The van der Waals surface area contributed by atoms with Crippen molar-refractivity contribution < 1.29 is 0 Å². The maximum atomic E-state index is 5.18. The molecule has 0 aliphatic heterocycles. The predicted octanol–water partition coefficient (Wildman–Crippen LogP) is 3.26. The minimum atomic E-state index is 0.812. The fourth-order valence-electron chi connectivity index (χ4n) is 1.53. The number of benzene rings is 2. The van der Waals surface area contributed by atoms with E-state index in [2.05, 4.69) is 41.3 Å². The van der Waals surface area contributed by atoms with Gasteiger partial charge >= 0.3 is 90.4 Å². The summed E-state index contributed by atoms with van der Waals surface area (Å²) in [7, 11) is 5.18. The number of nitrogens with zero attached hydrogens (tertiary/aromatic N) is 1. The van der Waals surface area contributed by atoms with Gasteiger partial charge in [0.1, 0.15) is 0 Å². The summed E-state index contributed by atoms with van der Waals surface area (Å²) in [5.41, 5.74) is 3.40. The van der Waals surface area contributed by atoms with Crippen LogP contribution in [0, 0.1) is 0 Å². The Labute approximate surface area is 90.9 Å². The molecule has 2 rings (SSSR count). The monoisotopic (exact) mass is 192 g/mol. The summed E-state index contributed by atoms with van der Waals surface area (Å²) in [5, 5.41) is 0. The van der Waals surface area contributed by atoms with E-state index in [0.717, 1.165) is 12.1 Å². The van der Waals surface area contributed by atoms with Crippen molar-refractivity contribution in [2.75, 3.05) is 0 Å². The molecule has 0 aliphatic rings. The van der Waals surface area contributed by atoms with Crippen LogP contribution in [0.1, 0.15) is 11.1 Å². The molecular weight excluding hydrogens is 181 g/mol. The summed E-state index contributed by atoms with van der Waals surface area (Å²) in [6.07, 6.45) is 0.950. The second-order valence-corrected chi connectivity index (χ2v) is 3.46. The first-order chi connectivity index (χ1) is 7.38. The molecular formula is C13H11BN. The Morgan fingerprint density at radius 1 is 0.800 bits per heavy atom. The third-order valence-corrected chi connectivity index (χ3v) is 2.34. The van der Waals surface area contributed by atoms with Crippen LogP contribution >= 0.6 is 0 Å². The summed E-state index contributed by atoms with van der Waals surface area (Å²) in [4.78, 5) is 3.62. The standard InChI is InChI=1S/C13H11BN/c14-15-13-8-6-12(7-9-13)10-11-4-2-1-3-5-11/h1-9H,10H2. The quantitative estimate of drug-likeness (QED) is 0.661. The molecule has 0 heterocycles. The Kier molecular flexibility index (Phi) is 3.08. The van der Waals surface area contributed by atoms with E-state index in [0.29, 0.717) is 0 Å². The van der Waals surface area contributed by atoms with Crippen molar-refractivity contribution in [3.8, 4) is 0 Å².